The predicted octanol–water partition coefficient (Wildman–Crippen LogP) is 3.82. The van der Waals surface area contributed by atoms with Crippen molar-refractivity contribution in [3.05, 3.63) is 23.8 Å². The van der Waals surface area contributed by atoms with Crippen LogP contribution in [0.25, 0.3) is 0 Å². The largest absolute Gasteiger partial charge is 0.478 e. The maximum atomic E-state index is 12.2. The van der Waals surface area contributed by atoms with E-state index in [-0.39, 0.29) is 11.5 Å². The standard InChI is InChI=1S/C7H8F4O2.C7H12O2/c1-4(5(12)13)2-3-7(10,11)6(8)9;1-4-5-9-7(8)6(2)3/h2,6H,3H2,1H3,(H,12,13);2,4-5H2,1,3H3. The third kappa shape index (κ3) is 10.9. The zero-order chi connectivity index (χ0) is 17.9. The topological polar surface area (TPSA) is 63.6 Å². The summed E-state index contributed by atoms with van der Waals surface area (Å²) in [6.07, 6.45) is -3.60. The molecule has 0 aliphatic heterocycles. The van der Waals surface area contributed by atoms with Gasteiger partial charge in [-0.1, -0.05) is 19.6 Å². The van der Waals surface area contributed by atoms with Crippen molar-refractivity contribution < 1.29 is 37.0 Å². The lowest BCUT2D eigenvalue weighted by Gasteiger charge is -2.12. The molecule has 0 heterocycles. The Morgan fingerprint density at radius 1 is 1.32 bits per heavy atom. The number of halogens is 4. The number of alkyl halides is 4. The highest BCUT2D eigenvalue weighted by molar-refractivity contribution is 5.86. The number of allylic oxidation sites excluding steroid dienone is 1. The van der Waals surface area contributed by atoms with E-state index in [1.165, 1.54) is 0 Å². The van der Waals surface area contributed by atoms with E-state index in [0.29, 0.717) is 18.3 Å². The SMILES string of the molecule is C=C(C)C(=O)OCCC.CC(=CCC(F)(F)C(F)F)C(=O)O. The highest BCUT2D eigenvalue weighted by Crippen LogP contribution is 2.27. The van der Waals surface area contributed by atoms with Gasteiger partial charge in [0.2, 0.25) is 0 Å². The molecule has 0 saturated heterocycles. The van der Waals surface area contributed by atoms with Crippen molar-refractivity contribution in [2.75, 3.05) is 6.61 Å². The molecule has 0 fully saturated rings. The minimum atomic E-state index is -4.16. The third-order valence-corrected chi connectivity index (χ3v) is 2.12. The van der Waals surface area contributed by atoms with Gasteiger partial charge in [0, 0.05) is 17.6 Å². The van der Waals surface area contributed by atoms with Gasteiger partial charge in [0.05, 0.1) is 6.61 Å². The van der Waals surface area contributed by atoms with E-state index in [4.69, 9.17) is 9.84 Å². The lowest BCUT2D eigenvalue weighted by Crippen LogP contribution is -2.25. The van der Waals surface area contributed by atoms with Crippen LogP contribution in [0.15, 0.2) is 23.8 Å². The number of ether oxygens (including phenoxy) is 1. The first kappa shape index (κ1) is 22.4. The first-order valence-corrected chi connectivity index (χ1v) is 6.34. The van der Waals surface area contributed by atoms with Crippen LogP contribution in [0.3, 0.4) is 0 Å². The number of aliphatic carboxylic acids is 1. The molecule has 0 radical (unpaired) electrons. The lowest BCUT2D eigenvalue weighted by molar-refractivity contribution is -0.139. The van der Waals surface area contributed by atoms with E-state index in [0.717, 1.165) is 13.3 Å². The Hall–Kier alpha value is -1.86. The van der Waals surface area contributed by atoms with Crippen LogP contribution in [0.1, 0.15) is 33.6 Å². The van der Waals surface area contributed by atoms with E-state index in [2.05, 4.69) is 6.58 Å². The van der Waals surface area contributed by atoms with Crippen molar-refractivity contribution in [1.82, 2.24) is 0 Å². The molecule has 0 atom stereocenters. The van der Waals surface area contributed by atoms with Crippen LogP contribution in [0.4, 0.5) is 17.6 Å². The molecule has 8 heteroatoms. The van der Waals surface area contributed by atoms with Gasteiger partial charge in [-0.2, -0.15) is 8.78 Å². The molecule has 0 bridgehead atoms. The number of hydrogen-bond acceptors (Lipinski definition) is 3. The van der Waals surface area contributed by atoms with Gasteiger partial charge in [-0.3, -0.25) is 0 Å². The molecule has 0 aromatic rings. The molecule has 0 unspecified atom stereocenters. The summed E-state index contributed by atoms with van der Waals surface area (Å²) >= 11 is 0. The van der Waals surface area contributed by atoms with Gasteiger partial charge < -0.3 is 9.84 Å². The summed E-state index contributed by atoms with van der Waals surface area (Å²) in [5, 5.41) is 8.22. The Balaban J connectivity index is 0. The van der Waals surface area contributed by atoms with Crippen molar-refractivity contribution in [1.29, 1.82) is 0 Å². The van der Waals surface area contributed by atoms with E-state index in [9.17, 15) is 27.2 Å². The van der Waals surface area contributed by atoms with Gasteiger partial charge in [0.15, 0.2) is 0 Å². The fraction of sp³-hybridized carbons (Fsp3) is 0.571. The molecule has 0 saturated carbocycles. The van der Waals surface area contributed by atoms with Crippen LogP contribution in [-0.4, -0.2) is 36.0 Å². The summed E-state index contributed by atoms with van der Waals surface area (Å²) < 4.78 is 52.2. The Bertz CT molecular complexity index is 417. The predicted molar refractivity (Wildman–Crippen MR) is 73.0 cm³/mol. The second-order valence-electron chi connectivity index (χ2n) is 4.37. The second-order valence-corrected chi connectivity index (χ2v) is 4.37. The van der Waals surface area contributed by atoms with Crippen LogP contribution in [0, 0.1) is 0 Å². The molecule has 0 aromatic heterocycles. The molecular formula is C14H20F4O4. The molecule has 0 amide bonds. The van der Waals surface area contributed by atoms with Crippen molar-refractivity contribution in [3.63, 3.8) is 0 Å². The Kier molecular flexibility index (Phi) is 11.0. The summed E-state index contributed by atoms with van der Waals surface area (Å²) in [5.74, 6) is -5.85. The average Bonchev–Trinajstić information content (AvgIpc) is 2.42. The maximum absolute atomic E-state index is 12.2. The fourth-order valence-electron chi connectivity index (χ4n) is 0.784. The van der Waals surface area contributed by atoms with E-state index in [1.54, 1.807) is 6.92 Å². The number of carboxylic acid groups (broad SMARTS) is 1. The van der Waals surface area contributed by atoms with Gasteiger partial charge in [0.25, 0.3) is 0 Å². The first-order valence-electron chi connectivity index (χ1n) is 6.34. The fourth-order valence-corrected chi connectivity index (χ4v) is 0.784. The van der Waals surface area contributed by atoms with Crippen LogP contribution in [0.2, 0.25) is 0 Å². The summed E-state index contributed by atoms with van der Waals surface area (Å²) in [6, 6.07) is 0. The van der Waals surface area contributed by atoms with E-state index >= 15 is 0 Å². The van der Waals surface area contributed by atoms with Crippen LogP contribution in [0.5, 0.6) is 0 Å². The van der Waals surface area contributed by atoms with Gasteiger partial charge in [-0.05, 0) is 20.3 Å². The summed E-state index contributed by atoms with van der Waals surface area (Å²) in [4.78, 5) is 20.7. The number of rotatable bonds is 7. The molecule has 0 aliphatic carbocycles. The normalized spacial score (nSPS) is 11.5. The number of hydrogen-bond donors (Lipinski definition) is 1. The quantitative estimate of drug-likeness (QED) is 0.438. The number of esters is 1. The molecule has 1 N–H and O–H groups in total. The number of carboxylic acids is 1. The number of carbonyl (C=O) groups excluding carboxylic acids is 1. The molecular weight excluding hydrogens is 308 g/mol. The highest BCUT2D eigenvalue weighted by Gasteiger charge is 2.39. The summed E-state index contributed by atoms with van der Waals surface area (Å²) in [5.41, 5.74) is 0.0868. The van der Waals surface area contributed by atoms with Gasteiger partial charge in [-0.15, -0.1) is 0 Å². The zero-order valence-corrected chi connectivity index (χ0v) is 12.7. The minimum Gasteiger partial charge on any atom is -0.478 e. The van der Waals surface area contributed by atoms with Crippen molar-refractivity contribution >= 4 is 11.9 Å². The summed E-state index contributed by atoms with van der Waals surface area (Å²) in [6.45, 7) is 8.57. The van der Waals surface area contributed by atoms with Crippen molar-refractivity contribution in [2.45, 2.75) is 46.0 Å². The molecule has 4 nitrogen and oxygen atoms in total. The zero-order valence-electron chi connectivity index (χ0n) is 12.7. The van der Waals surface area contributed by atoms with Crippen LogP contribution >= 0.6 is 0 Å². The molecule has 0 aromatic carbocycles. The molecule has 0 aliphatic rings. The number of carbonyl (C=O) groups is 2. The van der Waals surface area contributed by atoms with E-state index in [1.807, 2.05) is 6.92 Å². The molecule has 0 rings (SSSR count). The average molecular weight is 328 g/mol. The Labute approximate surface area is 126 Å². The molecule has 0 spiro atoms. The van der Waals surface area contributed by atoms with Crippen LogP contribution in [-0.2, 0) is 14.3 Å². The smallest absolute Gasteiger partial charge is 0.333 e. The Morgan fingerprint density at radius 2 is 1.82 bits per heavy atom. The molecule has 128 valence electrons. The Morgan fingerprint density at radius 3 is 2.14 bits per heavy atom. The van der Waals surface area contributed by atoms with E-state index < -0.39 is 24.7 Å². The highest BCUT2D eigenvalue weighted by atomic mass is 19.3. The third-order valence-electron chi connectivity index (χ3n) is 2.12. The second kappa shape index (κ2) is 10.8. The maximum Gasteiger partial charge on any atom is 0.333 e. The van der Waals surface area contributed by atoms with Crippen molar-refractivity contribution in [3.8, 4) is 0 Å². The lowest BCUT2D eigenvalue weighted by atomic mass is 10.2. The van der Waals surface area contributed by atoms with Crippen molar-refractivity contribution in [2.24, 2.45) is 0 Å². The van der Waals surface area contributed by atoms with Gasteiger partial charge in [0.1, 0.15) is 0 Å². The van der Waals surface area contributed by atoms with Gasteiger partial charge >= 0.3 is 24.3 Å². The van der Waals surface area contributed by atoms with Crippen LogP contribution < -0.4 is 0 Å². The van der Waals surface area contributed by atoms with Gasteiger partial charge in [-0.25, -0.2) is 18.4 Å². The monoisotopic (exact) mass is 328 g/mol. The molecule has 22 heavy (non-hydrogen) atoms. The minimum absolute atomic E-state index is 0.295. The first-order chi connectivity index (χ1) is 9.95. The summed E-state index contributed by atoms with van der Waals surface area (Å²) in [7, 11) is 0.